The summed E-state index contributed by atoms with van der Waals surface area (Å²) in [5, 5.41) is 22.2. The highest BCUT2D eigenvalue weighted by Crippen LogP contribution is 2.43. The largest absolute Gasteiger partial charge is 0.507 e. The zero-order chi connectivity index (χ0) is 23.7. The number of amides is 1. The summed E-state index contributed by atoms with van der Waals surface area (Å²) in [6, 6.07) is 15.6. The molecule has 1 amide bonds. The van der Waals surface area contributed by atoms with Crippen molar-refractivity contribution in [3.05, 3.63) is 105 Å². The number of nitrogens with zero attached hydrogens (tertiary/aromatic N) is 2. The Hall–Kier alpha value is -4.53. The third-order valence-electron chi connectivity index (χ3n) is 5.31. The number of methoxy groups -OCH3 is 1. The van der Waals surface area contributed by atoms with Crippen LogP contribution in [0.1, 0.15) is 17.2 Å². The first-order valence-electron chi connectivity index (χ1n) is 9.77. The van der Waals surface area contributed by atoms with Gasteiger partial charge >= 0.3 is 0 Å². The number of aliphatic hydroxyl groups excluding tert-OH is 1. The van der Waals surface area contributed by atoms with Gasteiger partial charge in [0.2, 0.25) is 0 Å². The molecule has 0 saturated carbocycles. The van der Waals surface area contributed by atoms with Gasteiger partial charge in [-0.25, -0.2) is 4.39 Å². The molecule has 0 aliphatic carbocycles. The van der Waals surface area contributed by atoms with E-state index in [0.717, 1.165) is 11.0 Å². The topological polar surface area (TPSA) is 110 Å². The molecule has 1 unspecified atom stereocenters. The Labute approximate surface area is 187 Å². The molecule has 0 radical (unpaired) electrons. The van der Waals surface area contributed by atoms with Gasteiger partial charge in [-0.05, 0) is 18.2 Å². The molecule has 4 rings (SSSR count). The standard InChI is InChI=1S/C24H17FN2O6/c1-33-17-9-5-7-15(13-17)26-21(18-10-2-3-11-19(18)25)20(23(29)24(26)30)22(28)14-6-4-8-16(12-14)27(31)32/h2-13,21,28H,1H3/b22-20+. The molecule has 0 spiro atoms. The van der Waals surface area contributed by atoms with Crippen molar-refractivity contribution in [3.63, 3.8) is 0 Å². The molecule has 1 atom stereocenters. The molecule has 1 N–H and O–H groups in total. The van der Waals surface area contributed by atoms with Crippen LogP contribution in [0.4, 0.5) is 15.8 Å². The van der Waals surface area contributed by atoms with Crippen LogP contribution in [0.2, 0.25) is 0 Å². The predicted octanol–water partition coefficient (Wildman–Crippen LogP) is 4.37. The van der Waals surface area contributed by atoms with Crippen LogP contribution in [0.5, 0.6) is 5.75 Å². The lowest BCUT2D eigenvalue weighted by Gasteiger charge is -2.26. The van der Waals surface area contributed by atoms with Crippen LogP contribution in [0.3, 0.4) is 0 Å². The van der Waals surface area contributed by atoms with E-state index in [1.165, 1.54) is 55.6 Å². The molecule has 1 heterocycles. The zero-order valence-corrected chi connectivity index (χ0v) is 17.3. The fraction of sp³-hybridized carbons (Fsp3) is 0.0833. The normalized spacial score (nSPS) is 17.3. The Balaban J connectivity index is 1.97. The number of nitro benzene ring substituents is 1. The number of aliphatic hydroxyl groups is 1. The average Bonchev–Trinajstić information content (AvgIpc) is 3.09. The van der Waals surface area contributed by atoms with Crippen molar-refractivity contribution >= 4 is 28.8 Å². The number of carbonyl (C=O) groups excluding carboxylic acids is 2. The van der Waals surface area contributed by atoms with Crippen molar-refractivity contribution in [3.8, 4) is 5.75 Å². The van der Waals surface area contributed by atoms with E-state index in [4.69, 9.17) is 4.74 Å². The van der Waals surface area contributed by atoms with E-state index in [1.54, 1.807) is 18.2 Å². The molecule has 0 bridgehead atoms. The molecule has 3 aromatic carbocycles. The average molecular weight is 448 g/mol. The smallest absolute Gasteiger partial charge is 0.300 e. The van der Waals surface area contributed by atoms with Crippen molar-refractivity contribution in [2.24, 2.45) is 0 Å². The molecule has 3 aromatic rings. The number of hydrogen-bond acceptors (Lipinski definition) is 6. The summed E-state index contributed by atoms with van der Waals surface area (Å²) in [6.07, 6.45) is 0. The van der Waals surface area contributed by atoms with Crippen LogP contribution < -0.4 is 9.64 Å². The zero-order valence-electron chi connectivity index (χ0n) is 17.3. The number of hydrogen-bond donors (Lipinski definition) is 1. The molecule has 33 heavy (non-hydrogen) atoms. The Morgan fingerprint density at radius 3 is 2.48 bits per heavy atom. The number of non-ortho nitro benzene ring substituents is 1. The summed E-state index contributed by atoms with van der Waals surface area (Å²) in [5.74, 6) is -2.96. The van der Waals surface area contributed by atoms with Crippen molar-refractivity contribution in [1.82, 2.24) is 0 Å². The van der Waals surface area contributed by atoms with Gasteiger partial charge < -0.3 is 9.84 Å². The number of nitro groups is 1. The summed E-state index contributed by atoms with van der Waals surface area (Å²) >= 11 is 0. The summed E-state index contributed by atoms with van der Waals surface area (Å²) < 4.78 is 20.1. The molecule has 1 saturated heterocycles. The number of benzene rings is 3. The van der Waals surface area contributed by atoms with Crippen molar-refractivity contribution in [2.45, 2.75) is 6.04 Å². The first-order valence-corrected chi connectivity index (χ1v) is 9.77. The second-order valence-electron chi connectivity index (χ2n) is 7.20. The Morgan fingerprint density at radius 1 is 1.06 bits per heavy atom. The van der Waals surface area contributed by atoms with Crippen molar-refractivity contribution < 1.29 is 28.7 Å². The molecule has 1 aliphatic heterocycles. The SMILES string of the molecule is COc1cccc(N2C(=O)C(=O)/C(=C(/O)c3cccc([N+](=O)[O-])c3)C2c2ccccc2F)c1. The number of ketones is 1. The van der Waals surface area contributed by atoms with Crippen LogP contribution >= 0.6 is 0 Å². The van der Waals surface area contributed by atoms with Crippen LogP contribution in [-0.4, -0.2) is 28.8 Å². The second kappa shape index (κ2) is 8.54. The molecule has 9 heteroatoms. The first-order chi connectivity index (χ1) is 15.8. The van der Waals surface area contributed by atoms with E-state index in [0.29, 0.717) is 5.75 Å². The number of carbonyl (C=O) groups is 2. The van der Waals surface area contributed by atoms with E-state index >= 15 is 0 Å². The van der Waals surface area contributed by atoms with E-state index in [2.05, 4.69) is 0 Å². The van der Waals surface area contributed by atoms with E-state index in [9.17, 15) is 29.2 Å². The van der Waals surface area contributed by atoms with Crippen LogP contribution in [-0.2, 0) is 9.59 Å². The lowest BCUT2D eigenvalue weighted by atomic mass is 9.94. The number of Topliss-reactive ketones (excluding diaryl/α,β-unsaturated/α-hetero) is 1. The highest BCUT2D eigenvalue weighted by atomic mass is 19.1. The monoisotopic (exact) mass is 448 g/mol. The number of halogens is 1. The Morgan fingerprint density at radius 2 is 1.79 bits per heavy atom. The summed E-state index contributed by atoms with van der Waals surface area (Å²) in [6.45, 7) is 0. The molecule has 1 aliphatic rings. The maximum absolute atomic E-state index is 14.9. The Bertz CT molecular complexity index is 1320. The van der Waals surface area contributed by atoms with Gasteiger partial charge in [0.25, 0.3) is 17.4 Å². The quantitative estimate of drug-likeness (QED) is 0.204. The molecule has 0 aromatic heterocycles. The van der Waals surface area contributed by atoms with Crippen LogP contribution in [0.15, 0.2) is 78.4 Å². The van der Waals surface area contributed by atoms with Gasteiger partial charge in [-0.1, -0.05) is 36.4 Å². The molecule has 166 valence electrons. The first kappa shape index (κ1) is 21.7. The van der Waals surface area contributed by atoms with E-state index in [1.807, 2.05) is 0 Å². The highest BCUT2D eigenvalue weighted by Gasteiger charge is 2.48. The van der Waals surface area contributed by atoms with Crippen LogP contribution in [0, 0.1) is 15.9 Å². The lowest BCUT2D eigenvalue weighted by Crippen LogP contribution is -2.29. The fourth-order valence-corrected chi connectivity index (χ4v) is 3.77. The minimum absolute atomic E-state index is 0.0218. The van der Waals surface area contributed by atoms with Crippen LogP contribution in [0.25, 0.3) is 5.76 Å². The minimum atomic E-state index is -1.31. The highest BCUT2D eigenvalue weighted by molar-refractivity contribution is 6.51. The summed E-state index contributed by atoms with van der Waals surface area (Å²) in [4.78, 5) is 37.7. The van der Waals surface area contributed by atoms with Crippen molar-refractivity contribution in [2.75, 3.05) is 12.0 Å². The van der Waals surface area contributed by atoms with Crippen molar-refractivity contribution in [1.29, 1.82) is 0 Å². The van der Waals surface area contributed by atoms with Gasteiger partial charge in [-0.2, -0.15) is 0 Å². The number of anilines is 1. The third-order valence-corrected chi connectivity index (χ3v) is 5.31. The lowest BCUT2D eigenvalue weighted by molar-refractivity contribution is -0.384. The van der Waals surface area contributed by atoms with Gasteiger partial charge in [-0.15, -0.1) is 0 Å². The van der Waals surface area contributed by atoms with E-state index in [-0.39, 0.29) is 28.1 Å². The Kier molecular flexibility index (Phi) is 5.61. The van der Waals surface area contributed by atoms with Gasteiger partial charge in [0.15, 0.2) is 0 Å². The van der Waals surface area contributed by atoms with Gasteiger partial charge in [0.05, 0.1) is 23.6 Å². The molecule has 1 fully saturated rings. The van der Waals surface area contributed by atoms with Gasteiger partial charge in [0, 0.05) is 35.0 Å². The molecular weight excluding hydrogens is 431 g/mol. The summed E-state index contributed by atoms with van der Waals surface area (Å²) in [7, 11) is 1.43. The molecular formula is C24H17FN2O6. The second-order valence-corrected chi connectivity index (χ2v) is 7.20. The number of rotatable bonds is 5. The maximum Gasteiger partial charge on any atom is 0.300 e. The minimum Gasteiger partial charge on any atom is -0.507 e. The summed E-state index contributed by atoms with van der Waals surface area (Å²) in [5.41, 5.74) is -0.514. The van der Waals surface area contributed by atoms with Gasteiger partial charge in [-0.3, -0.25) is 24.6 Å². The van der Waals surface area contributed by atoms with E-state index < -0.39 is 34.2 Å². The molecule has 8 nitrogen and oxygen atoms in total. The predicted molar refractivity (Wildman–Crippen MR) is 117 cm³/mol. The fourth-order valence-electron chi connectivity index (χ4n) is 3.77. The third kappa shape index (κ3) is 3.80. The number of ether oxygens (including phenoxy) is 1. The van der Waals surface area contributed by atoms with Gasteiger partial charge in [0.1, 0.15) is 17.3 Å². The maximum atomic E-state index is 14.9.